The Kier molecular flexibility index (Phi) is 7.25. The number of piperidine rings is 1. The number of pyridine rings is 1. The lowest BCUT2D eigenvalue weighted by atomic mass is 9.85. The standard InChI is InChI=1S/C28H31F2N5O3/c1-27(26(31)36,24-10-9-21(13-33-24)37-17-20-7-8-20)35-12-11-28(29,30)22(16-35)23-14-34-25(15-32-23)38-18-19-5-3-2-4-6-19/h2-6,9-10,13-15,20,22H,7-8,11-12,16-18H2,1H3,(H2,31,36)/t22-,27?/m0/s1. The number of nitrogens with two attached hydrogens (primary N) is 1. The van der Waals surface area contributed by atoms with E-state index in [1.54, 1.807) is 30.2 Å². The first kappa shape index (κ1) is 26.0. The number of ether oxygens (including phenoxy) is 2. The Morgan fingerprint density at radius 2 is 1.87 bits per heavy atom. The molecular weight excluding hydrogens is 492 g/mol. The summed E-state index contributed by atoms with van der Waals surface area (Å²) in [5.41, 5.74) is 5.91. The van der Waals surface area contributed by atoms with Gasteiger partial charge in [0.2, 0.25) is 11.8 Å². The number of likely N-dealkylation sites (tertiary alicyclic amines) is 1. The van der Waals surface area contributed by atoms with Crippen molar-refractivity contribution < 1.29 is 23.0 Å². The summed E-state index contributed by atoms with van der Waals surface area (Å²) in [6, 6.07) is 12.9. The van der Waals surface area contributed by atoms with E-state index in [9.17, 15) is 4.79 Å². The molecule has 2 aliphatic rings. The molecule has 38 heavy (non-hydrogen) atoms. The van der Waals surface area contributed by atoms with Crippen molar-refractivity contribution in [1.82, 2.24) is 19.9 Å². The van der Waals surface area contributed by atoms with Gasteiger partial charge in [0, 0.05) is 19.5 Å². The summed E-state index contributed by atoms with van der Waals surface area (Å²) in [7, 11) is 0. The molecule has 1 amide bonds. The highest BCUT2D eigenvalue weighted by atomic mass is 19.3. The van der Waals surface area contributed by atoms with Crippen LogP contribution in [0.15, 0.2) is 61.1 Å². The molecule has 1 saturated heterocycles. The molecule has 0 spiro atoms. The molecule has 3 heterocycles. The Morgan fingerprint density at radius 1 is 1.08 bits per heavy atom. The molecule has 1 saturated carbocycles. The number of carbonyl (C=O) groups is 1. The molecular formula is C28H31F2N5O3. The van der Waals surface area contributed by atoms with Gasteiger partial charge in [0.15, 0.2) is 0 Å². The highest BCUT2D eigenvalue weighted by molar-refractivity contribution is 5.85. The molecule has 2 aromatic heterocycles. The molecule has 1 aliphatic carbocycles. The Hall–Kier alpha value is -3.66. The van der Waals surface area contributed by atoms with Crippen molar-refractivity contribution in [2.45, 2.75) is 50.2 Å². The van der Waals surface area contributed by atoms with Crippen LogP contribution in [0.1, 0.15) is 49.1 Å². The Morgan fingerprint density at radius 3 is 2.50 bits per heavy atom. The van der Waals surface area contributed by atoms with Crippen LogP contribution in [-0.4, -0.2) is 51.4 Å². The fourth-order valence-corrected chi connectivity index (χ4v) is 4.63. The summed E-state index contributed by atoms with van der Waals surface area (Å²) in [5, 5.41) is 0. The van der Waals surface area contributed by atoms with Crippen LogP contribution >= 0.6 is 0 Å². The van der Waals surface area contributed by atoms with E-state index in [0.29, 0.717) is 24.0 Å². The van der Waals surface area contributed by atoms with Crippen LogP contribution < -0.4 is 15.2 Å². The van der Waals surface area contributed by atoms with Gasteiger partial charge < -0.3 is 15.2 Å². The number of aromatic nitrogens is 3. The van der Waals surface area contributed by atoms with Crippen molar-refractivity contribution in [2.24, 2.45) is 11.7 Å². The number of hydrogen-bond donors (Lipinski definition) is 1. The number of alkyl halides is 2. The maximum atomic E-state index is 15.1. The van der Waals surface area contributed by atoms with Gasteiger partial charge >= 0.3 is 0 Å². The minimum Gasteiger partial charge on any atom is -0.492 e. The van der Waals surface area contributed by atoms with Gasteiger partial charge in [-0.1, -0.05) is 30.3 Å². The van der Waals surface area contributed by atoms with Crippen LogP contribution in [0.4, 0.5) is 8.78 Å². The number of benzene rings is 1. The van der Waals surface area contributed by atoms with Crippen molar-refractivity contribution in [2.75, 3.05) is 19.7 Å². The predicted octanol–water partition coefficient (Wildman–Crippen LogP) is 4.06. The summed E-state index contributed by atoms with van der Waals surface area (Å²) < 4.78 is 41.6. The summed E-state index contributed by atoms with van der Waals surface area (Å²) in [5.74, 6) is -3.57. The molecule has 2 N–H and O–H groups in total. The second-order valence-electron chi connectivity index (χ2n) is 10.1. The van der Waals surface area contributed by atoms with Crippen LogP contribution in [-0.2, 0) is 16.9 Å². The SMILES string of the molecule is CC(C(N)=O)(c1ccc(OCC2CC2)cn1)N1CCC(F)(F)[C@H](c2cnc(OCc3ccccc3)cn2)C1. The van der Waals surface area contributed by atoms with Gasteiger partial charge in [0.1, 0.15) is 17.9 Å². The minimum atomic E-state index is -3.04. The van der Waals surface area contributed by atoms with E-state index in [4.69, 9.17) is 15.2 Å². The normalized spacial score (nSPS) is 20.9. The van der Waals surface area contributed by atoms with Gasteiger partial charge in [-0.3, -0.25) is 19.7 Å². The van der Waals surface area contributed by atoms with Crippen molar-refractivity contribution in [3.05, 3.63) is 78.0 Å². The number of nitrogens with zero attached hydrogens (tertiary/aromatic N) is 4. The average Bonchev–Trinajstić information content (AvgIpc) is 3.76. The van der Waals surface area contributed by atoms with Gasteiger partial charge in [-0.25, -0.2) is 13.8 Å². The van der Waals surface area contributed by atoms with E-state index in [-0.39, 0.29) is 31.3 Å². The monoisotopic (exact) mass is 523 g/mol. The number of carbonyl (C=O) groups excluding carboxylic acids is 1. The minimum absolute atomic E-state index is 0.0315. The number of primary amides is 1. The van der Waals surface area contributed by atoms with Crippen molar-refractivity contribution in [3.8, 4) is 11.6 Å². The first-order chi connectivity index (χ1) is 18.3. The third kappa shape index (κ3) is 5.60. The molecule has 1 aliphatic heterocycles. The number of halogens is 2. The van der Waals surface area contributed by atoms with Crippen molar-refractivity contribution >= 4 is 5.91 Å². The molecule has 2 fully saturated rings. The van der Waals surface area contributed by atoms with E-state index in [2.05, 4.69) is 15.0 Å². The van der Waals surface area contributed by atoms with Gasteiger partial charge in [-0.05, 0) is 43.4 Å². The van der Waals surface area contributed by atoms with Crippen molar-refractivity contribution in [1.29, 1.82) is 0 Å². The van der Waals surface area contributed by atoms with Crippen LogP contribution in [0, 0.1) is 5.92 Å². The predicted molar refractivity (Wildman–Crippen MR) is 136 cm³/mol. The highest BCUT2D eigenvalue weighted by Crippen LogP contribution is 2.43. The maximum Gasteiger partial charge on any atom is 0.258 e. The third-order valence-electron chi connectivity index (χ3n) is 7.39. The molecule has 2 atom stereocenters. The molecule has 0 bridgehead atoms. The van der Waals surface area contributed by atoms with E-state index >= 15 is 8.78 Å². The largest absolute Gasteiger partial charge is 0.492 e. The summed E-state index contributed by atoms with van der Waals surface area (Å²) in [6.45, 7) is 2.36. The van der Waals surface area contributed by atoms with Crippen LogP contribution in [0.3, 0.4) is 0 Å². The van der Waals surface area contributed by atoms with Crippen LogP contribution in [0.25, 0.3) is 0 Å². The molecule has 3 aromatic rings. The average molecular weight is 524 g/mol. The third-order valence-corrected chi connectivity index (χ3v) is 7.39. The number of amides is 1. The van der Waals surface area contributed by atoms with Crippen LogP contribution in [0.5, 0.6) is 11.6 Å². The Labute approximate surface area is 220 Å². The van der Waals surface area contributed by atoms with Gasteiger partial charge in [-0.15, -0.1) is 0 Å². The van der Waals surface area contributed by atoms with Crippen LogP contribution in [0.2, 0.25) is 0 Å². The van der Waals surface area contributed by atoms with Crippen molar-refractivity contribution in [3.63, 3.8) is 0 Å². The zero-order chi connectivity index (χ0) is 26.8. The molecule has 1 unspecified atom stereocenters. The molecule has 8 nitrogen and oxygen atoms in total. The molecule has 10 heteroatoms. The summed E-state index contributed by atoms with van der Waals surface area (Å²) in [6.07, 6.45) is 6.09. The quantitative estimate of drug-likeness (QED) is 0.427. The van der Waals surface area contributed by atoms with Gasteiger partial charge in [-0.2, -0.15) is 0 Å². The molecule has 1 aromatic carbocycles. The lowest BCUT2D eigenvalue weighted by Crippen LogP contribution is -2.59. The van der Waals surface area contributed by atoms with E-state index in [1.165, 1.54) is 25.2 Å². The van der Waals surface area contributed by atoms with E-state index in [1.807, 2.05) is 30.3 Å². The van der Waals surface area contributed by atoms with Gasteiger partial charge in [0.25, 0.3) is 5.92 Å². The second kappa shape index (κ2) is 10.6. The zero-order valence-corrected chi connectivity index (χ0v) is 21.2. The lowest BCUT2D eigenvalue weighted by molar-refractivity contribution is -0.139. The maximum absolute atomic E-state index is 15.1. The fraction of sp³-hybridized carbons (Fsp3) is 0.429. The number of rotatable bonds is 10. The lowest BCUT2D eigenvalue weighted by Gasteiger charge is -2.45. The van der Waals surface area contributed by atoms with E-state index in [0.717, 1.165) is 5.56 Å². The zero-order valence-electron chi connectivity index (χ0n) is 21.2. The number of hydrogen-bond acceptors (Lipinski definition) is 7. The molecule has 0 radical (unpaired) electrons. The highest BCUT2D eigenvalue weighted by Gasteiger charge is 2.52. The Bertz CT molecular complexity index is 1240. The Balaban J connectivity index is 1.31. The second-order valence-corrected chi connectivity index (χ2v) is 10.1. The van der Waals surface area contributed by atoms with E-state index < -0.39 is 29.7 Å². The topological polar surface area (TPSA) is 103 Å². The fourth-order valence-electron chi connectivity index (χ4n) is 4.63. The summed E-state index contributed by atoms with van der Waals surface area (Å²) in [4.78, 5) is 27.3. The summed E-state index contributed by atoms with van der Waals surface area (Å²) >= 11 is 0. The van der Waals surface area contributed by atoms with Gasteiger partial charge in [0.05, 0.1) is 42.5 Å². The first-order valence-corrected chi connectivity index (χ1v) is 12.8. The smallest absolute Gasteiger partial charge is 0.258 e. The molecule has 5 rings (SSSR count). The first-order valence-electron chi connectivity index (χ1n) is 12.8. The molecule has 200 valence electrons.